The number of amides is 2. The number of rotatable bonds is 5. The van der Waals surface area contributed by atoms with Gasteiger partial charge in [0, 0.05) is 43.0 Å². The van der Waals surface area contributed by atoms with E-state index in [1.165, 1.54) is 11.8 Å². The molecule has 1 aromatic carbocycles. The summed E-state index contributed by atoms with van der Waals surface area (Å²) < 4.78 is 5.17. The summed E-state index contributed by atoms with van der Waals surface area (Å²) in [5.74, 6) is 0.507. The number of benzene rings is 1. The number of fused-ring (bicyclic) bond motifs is 1. The zero-order valence-corrected chi connectivity index (χ0v) is 14.0. The molecule has 2 amide bonds. The van der Waals surface area contributed by atoms with E-state index in [1.807, 2.05) is 26.1 Å². The lowest BCUT2D eigenvalue weighted by Gasteiger charge is -2.18. The third-order valence-electron chi connectivity index (χ3n) is 4.33. The Bertz CT molecular complexity index is 700. The summed E-state index contributed by atoms with van der Waals surface area (Å²) in [7, 11) is 2.05. The summed E-state index contributed by atoms with van der Waals surface area (Å²) in [6.45, 7) is 2.82. The molecule has 2 atom stereocenters. The molecule has 1 aliphatic heterocycles. The number of anilines is 2. The first-order valence-corrected chi connectivity index (χ1v) is 8.16. The Morgan fingerprint density at radius 2 is 2.21 bits per heavy atom. The quantitative estimate of drug-likeness (QED) is 0.788. The van der Waals surface area contributed by atoms with Gasteiger partial charge < -0.3 is 25.1 Å². The molecule has 24 heavy (non-hydrogen) atoms. The molecular weight excluding hydrogens is 306 g/mol. The van der Waals surface area contributed by atoms with Gasteiger partial charge in [-0.1, -0.05) is 6.07 Å². The summed E-state index contributed by atoms with van der Waals surface area (Å²) in [5, 5.41) is 15.8. The van der Waals surface area contributed by atoms with Gasteiger partial charge in [-0.15, -0.1) is 0 Å². The predicted octanol–water partition coefficient (Wildman–Crippen LogP) is 2.91. The number of nitrogens with one attached hydrogen (secondary N) is 2. The largest absolute Gasteiger partial charge is 0.467 e. The summed E-state index contributed by atoms with van der Waals surface area (Å²) in [4.78, 5) is 14.4. The zero-order valence-electron chi connectivity index (χ0n) is 14.0. The minimum Gasteiger partial charge on any atom is -0.467 e. The Kier molecular flexibility index (Phi) is 4.76. The van der Waals surface area contributed by atoms with Crippen molar-refractivity contribution in [3.8, 4) is 0 Å². The van der Waals surface area contributed by atoms with Gasteiger partial charge in [0.25, 0.3) is 0 Å². The molecule has 0 saturated carbocycles. The van der Waals surface area contributed by atoms with Crippen molar-refractivity contribution < 1.29 is 14.3 Å². The molecule has 6 heteroatoms. The van der Waals surface area contributed by atoms with Crippen molar-refractivity contribution in [3.63, 3.8) is 0 Å². The second kappa shape index (κ2) is 6.97. The monoisotopic (exact) mass is 329 g/mol. The molecular formula is C18H23N3O3. The van der Waals surface area contributed by atoms with Crippen LogP contribution in [0.25, 0.3) is 0 Å². The van der Waals surface area contributed by atoms with Crippen molar-refractivity contribution in [2.45, 2.75) is 31.9 Å². The first-order chi connectivity index (χ1) is 11.5. The third-order valence-corrected chi connectivity index (χ3v) is 4.33. The average Bonchev–Trinajstić information content (AvgIpc) is 3.18. The first-order valence-electron chi connectivity index (χ1n) is 8.16. The highest BCUT2D eigenvalue weighted by Crippen LogP contribution is 2.32. The van der Waals surface area contributed by atoms with Crippen LogP contribution < -0.4 is 15.5 Å². The number of carbonyl (C=O) groups is 1. The van der Waals surface area contributed by atoms with E-state index in [0.29, 0.717) is 12.2 Å². The Labute approximate surface area is 141 Å². The maximum Gasteiger partial charge on any atom is 0.319 e. The van der Waals surface area contributed by atoms with Crippen LogP contribution in [0.4, 0.5) is 16.2 Å². The molecule has 0 bridgehead atoms. The van der Waals surface area contributed by atoms with E-state index in [4.69, 9.17) is 4.42 Å². The maximum absolute atomic E-state index is 12.2. The Morgan fingerprint density at radius 1 is 1.38 bits per heavy atom. The normalized spacial score (nSPS) is 15.7. The summed E-state index contributed by atoms with van der Waals surface area (Å²) in [6.07, 6.45) is 2.10. The Hall–Kier alpha value is -2.47. The average molecular weight is 329 g/mol. The van der Waals surface area contributed by atoms with Gasteiger partial charge in [0.15, 0.2) is 0 Å². The number of carbonyl (C=O) groups excluding carboxylic acids is 1. The first kappa shape index (κ1) is 16.4. The number of nitrogens with zero attached hydrogens (tertiary/aromatic N) is 1. The highest BCUT2D eigenvalue weighted by atomic mass is 16.4. The molecule has 3 N–H and O–H groups in total. The number of hydrogen-bond donors (Lipinski definition) is 3. The van der Waals surface area contributed by atoms with Crippen LogP contribution in [0.2, 0.25) is 0 Å². The molecule has 0 spiro atoms. The van der Waals surface area contributed by atoms with Gasteiger partial charge in [-0.3, -0.25) is 0 Å². The van der Waals surface area contributed by atoms with Gasteiger partial charge in [0.2, 0.25) is 0 Å². The number of urea groups is 1. The Balaban J connectivity index is 1.56. The van der Waals surface area contributed by atoms with E-state index in [9.17, 15) is 9.90 Å². The lowest BCUT2D eigenvalue weighted by Crippen LogP contribution is -2.37. The van der Waals surface area contributed by atoms with Crippen LogP contribution in [0, 0.1) is 0 Å². The molecule has 1 aromatic heterocycles. The molecule has 128 valence electrons. The predicted molar refractivity (Wildman–Crippen MR) is 93.3 cm³/mol. The highest BCUT2D eigenvalue weighted by Gasteiger charge is 2.20. The van der Waals surface area contributed by atoms with E-state index in [-0.39, 0.29) is 12.1 Å². The maximum atomic E-state index is 12.2. The molecule has 0 unspecified atom stereocenters. The van der Waals surface area contributed by atoms with Gasteiger partial charge in [0.1, 0.15) is 11.9 Å². The Morgan fingerprint density at radius 3 is 2.96 bits per heavy atom. The van der Waals surface area contributed by atoms with E-state index in [0.717, 1.165) is 24.3 Å². The molecule has 1 aliphatic rings. The van der Waals surface area contributed by atoms with Crippen LogP contribution in [0.3, 0.4) is 0 Å². The second-order valence-electron chi connectivity index (χ2n) is 6.24. The zero-order chi connectivity index (χ0) is 17.1. The van der Waals surface area contributed by atoms with Gasteiger partial charge >= 0.3 is 6.03 Å². The van der Waals surface area contributed by atoms with Crippen LogP contribution in [-0.4, -0.2) is 30.8 Å². The van der Waals surface area contributed by atoms with E-state index < -0.39 is 6.10 Å². The molecule has 6 nitrogen and oxygen atoms in total. The smallest absolute Gasteiger partial charge is 0.319 e. The van der Waals surface area contributed by atoms with E-state index in [1.54, 1.807) is 12.1 Å². The number of aliphatic hydroxyl groups is 1. The van der Waals surface area contributed by atoms with Crippen molar-refractivity contribution in [1.82, 2.24) is 5.32 Å². The fourth-order valence-electron chi connectivity index (χ4n) is 3.09. The standard InChI is InChI=1S/C18H23N3O3/c1-12(11-16(22)17-7-4-10-24-17)19-18(23)20-14-5-3-6-15-13(14)8-9-21(15)2/h3-7,10,12,16,22H,8-9,11H2,1-2H3,(H2,19,20,23)/t12-,16-/m1/s1. The number of hydrogen-bond acceptors (Lipinski definition) is 4. The number of likely N-dealkylation sites (N-methyl/N-ethyl adjacent to an activating group) is 1. The van der Waals surface area contributed by atoms with Crippen molar-refractivity contribution in [2.24, 2.45) is 0 Å². The van der Waals surface area contributed by atoms with Gasteiger partial charge in [-0.25, -0.2) is 4.79 Å². The summed E-state index contributed by atoms with van der Waals surface area (Å²) in [6, 6.07) is 8.92. The molecule has 0 fully saturated rings. The van der Waals surface area contributed by atoms with Gasteiger partial charge in [-0.2, -0.15) is 0 Å². The van der Waals surface area contributed by atoms with Crippen LogP contribution in [0.5, 0.6) is 0 Å². The lowest BCUT2D eigenvalue weighted by atomic mass is 10.1. The summed E-state index contributed by atoms with van der Waals surface area (Å²) >= 11 is 0. The third kappa shape index (κ3) is 3.54. The van der Waals surface area contributed by atoms with Crippen LogP contribution in [0.15, 0.2) is 41.0 Å². The van der Waals surface area contributed by atoms with Crippen molar-refractivity contribution >= 4 is 17.4 Å². The topological polar surface area (TPSA) is 77.7 Å². The van der Waals surface area contributed by atoms with Gasteiger partial charge in [0.05, 0.1) is 6.26 Å². The highest BCUT2D eigenvalue weighted by molar-refractivity contribution is 5.91. The summed E-state index contributed by atoms with van der Waals surface area (Å²) in [5.41, 5.74) is 3.17. The van der Waals surface area contributed by atoms with E-state index >= 15 is 0 Å². The van der Waals surface area contributed by atoms with Crippen LogP contribution in [-0.2, 0) is 6.42 Å². The van der Waals surface area contributed by atoms with Crippen molar-refractivity contribution in [3.05, 3.63) is 47.9 Å². The lowest BCUT2D eigenvalue weighted by molar-refractivity contribution is 0.130. The van der Waals surface area contributed by atoms with Crippen LogP contribution in [0.1, 0.15) is 30.8 Å². The van der Waals surface area contributed by atoms with E-state index in [2.05, 4.69) is 21.6 Å². The van der Waals surface area contributed by atoms with Crippen molar-refractivity contribution in [1.29, 1.82) is 0 Å². The second-order valence-corrected chi connectivity index (χ2v) is 6.24. The van der Waals surface area contributed by atoms with Crippen LogP contribution >= 0.6 is 0 Å². The molecule has 0 aliphatic carbocycles. The SMILES string of the molecule is C[C@H](C[C@@H](O)c1ccco1)NC(=O)Nc1cccc2c1CCN2C. The fourth-order valence-corrected chi connectivity index (χ4v) is 3.09. The van der Waals surface area contributed by atoms with Crippen molar-refractivity contribution in [2.75, 3.05) is 23.8 Å². The minimum absolute atomic E-state index is 0.190. The molecule has 2 aromatic rings. The molecule has 2 heterocycles. The fraction of sp³-hybridized carbons (Fsp3) is 0.389. The molecule has 0 saturated heterocycles. The van der Waals surface area contributed by atoms with Gasteiger partial charge in [-0.05, 0) is 37.6 Å². The molecule has 3 rings (SSSR count). The molecule has 0 radical (unpaired) electrons. The number of furan rings is 1. The minimum atomic E-state index is -0.732. The number of aliphatic hydroxyl groups excluding tert-OH is 1.